The van der Waals surface area contributed by atoms with E-state index in [1.165, 1.54) is 58.1 Å². The molecule has 0 radical (unpaired) electrons. The molecule has 2 aromatic heterocycles. The number of thiophene rings is 1. The van der Waals surface area contributed by atoms with Crippen molar-refractivity contribution in [1.82, 2.24) is 15.0 Å². The Morgan fingerprint density at radius 3 is 1.29 bits per heavy atom. The third-order valence-electron chi connectivity index (χ3n) is 10.7. The van der Waals surface area contributed by atoms with Crippen LogP contribution in [0.4, 0.5) is 0 Å². The molecule has 0 atom stereocenters. The highest BCUT2D eigenvalue weighted by Crippen LogP contribution is 2.43. The second kappa shape index (κ2) is 12.8. The zero-order valence-corrected chi connectivity index (χ0v) is 30.5. The fourth-order valence-electron chi connectivity index (χ4n) is 7.99. The highest BCUT2D eigenvalue weighted by Gasteiger charge is 2.17. The molecule has 0 fully saturated rings. The standard InChI is InChI=1S/C51H31N3S/c1-3-12-32(13-4-1)34-22-24-35(25-23-34)49-52-50(37-17-11-16-36(28-37)33-14-5-2-6-15-33)54-51(53-49)38-26-27-43-46-30-44-41-20-9-7-18-39(41)40-19-8-10-21-42(40)45(44)31-48(46)55-47(43)29-38/h1-31H. The maximum Gasteiger partial charge on any atom is 0.164 e. The Bertz CT molecular complexity index is 3240. The minimum Gasteiger partial charge on any atom is -0.208 e. The molecule has 0 aliphatic rings. The first-order valence-electron chi connectivity index (χ1n) is 18.5. The van der Waals surface area contributed by atoms with Crippen molar-refractivity contribution in [3.63, 3.8) is 0 Å². The molecule has 55 heavy (non-hydrogen) atoms. The number of aromatic nitrogens is 3. The molecule has 9 aromatic carbocycles. The van der Waals surface area contributed by atoms with Gasteiger partial charge in [-0.1, -0.05) is 164 Å². The topological polar surface area (TPSA) is 38.7 Å². The van der Waals surface area contributed by atoms with E-state index in [2.05, 4.69) is 176 Å². The molecule has 0 aliphatic carbocycles. The van der Waals surface area contributed by atoms with Gasteiger partial charge in [0.1, 0.15) is 0 Å². The largest absolute Gasteiger partial charge is 0.208 e. The van der Waals surface area contributed by atoms with Gasteiger partial charge in [0.05, 0.1) is 0 Å². The van der Waals surface area contributed by atoms with Gasteiger partial charge >= 0.3 is 0 Å². The average Bonchev–Trinajstić information content (AvgIpc) is 3.63. The van der Waals surface area contributed by atoms with Crippen molar-refractivity contribution in [3.05, 3.63) is 188 Å². The van der Waals surface area contributed by atoms with E-state index in [-0.39, 0.29) is 0 Å². The van der Waals surface area contributed by atoms with Gasteiger partial charge in [0.15, 0.2) is 17.5 Å². The number of rotatable bonds is 5. The Labute approximate surface area is 321 Å². The predicted molar refractivity (Wildman–Crippen MR) is 232 cm³/mol. The molecule has 2 heterocycles. The normalized spacial score (nSPS) is 11.6. The molecule has 0 spiro atoms. The second-order valence-corrected chi connectivity index (χ2v) is 15.1. The van der Waals surface area contributed by atoms with Gasteiger partial charge in [-0.3, -0.25) is 0 Å². The van der Waals surface area contributed by atoms with Gasteiger partial charge in [0, 0.05) is 36.9 Å². The molecule has 256 valence electrons. The highest BCUT2D eigenvalue weighted by molar-refractivity contribution is 7.26. The number of benzene rings is 9. The number of hydrogen-bond donors (Lipinski definition) is 0. The lowest BCUT2D eigenvalue weighted by atomic mass is 9.93. The van der Waals surface area contributed by atoms with Gasteiger partial charge in [-0.25, -0.2) is 15.0 Å². The third-order valence-corrected chi connectivity index (χ3v) is 11.8. The predicted octanol–water partition coefficient (Wildman–Crippen LogP) is 14.0. The zero-order chi connectivity index (χ0) is 36.3. The first-order valence-corrected chi connectivity index (χ1v) is 19.3. The Morgan fingerprint density at radius 1 is 0.236 bits per heavy atom. The van der Waals surface area contributed by atoms with Crippen molar-refractivity contribution in [1.29, 1.82) is 0 Å². The Kier molecular flexibility index (Phi) is 7.35. The van der Waals surface area contributed by atoms with E-state index in [1.807, 2.05) is 23.5 Å². The van der Waals surface area contributed by atoms with Crippen LogP contribution < -0.4 is 0 Å². The van der Waals surface area contributed by atoms with Crippen molar-refractivity contribution < 1.29 is 0 Å². The summed E-state index contributed by atoms with van der Waals surface area (Å²) in [6, 6.07) is 66.8. The van der Waals surface area contributed by atoms with E-state index in [0.29, 0.717) is 17.5 Å². The van der Waals surface area contributed by atoms with E-state index >= 15 is 0 Å². The van der Waals surface area contributed by atoms with Crippen LogP contribution in [0.15, 0.2) is 188 Å². The molecule has 0 amide bonds. The molecule has 0 N–H and O–H groups in total. The number of hydrogen-bond acceptors (Lipinski definition) is 4. The summed E-state index contributed by atoms with van der Waals surface area (Å²) in [6.07, 6.45) is 0. The minimum atomic E-state index is 0.645. The molecule has 0 aliphatic heterocycles. The summed E-state index contributed by atoms with van der Waals surface area (Å²) in [5.41, 5.74) is 7.45. The summed E-state index contributed by atoms with van der Waals surface area (Å²) in [5, 5.41) is 10.2. The highest BCUT2D eigenvalue weighted by atomic mass is 32.1. The van der Waals surface area contributed by atoms with Crippen LogP contribution in [0.3, 0.4) is 0 Å². The van der Waals surface area contributed by atoms with Gasteiger partial charge in [0.25, 0.3) is 0 Å². The maximum atomic E-state index is 5.16. The number of nitrogens with zero attached hydrogens (tertiary/aromatic N) is 3. The first kappa shape index (κ1) is 31.5. The Balaban J connectivity index is 1.07. The molecule has 0 bridgehead atoms. The van der Waals surface area contributed by atoms with Crippen LogP contribution in [0.2, 0.25) is 0 Å². The van der Waals surface area contributed by atoms with Gasteiger partial charge in [-0.15, -0.1) is 11.3 Å². The van der Waals surface area contributed by atoms with Crippen molar-refractivity contribution in [2.45, 2.75) is 0 Å². The summed E-state index contributed by atoms with van der Waals surface area (Å²) < 4.78 is 2.48. The Hall–Kier alpha value is -7.01. The maximum absolute atomic E-state index is 5.16. The molecule has 4 heteroatoms. The van der Waals surface area contributed by atoms with Crippen LogP contribution in [0.5, 0.6) is 0 Å². The van der Waals surface area contributed by atoms with Gasteiger partial charge < -0.3 is 0 Å². The van der Waals surface area contributed by atoms with Crippen molar-refractivity contribution >= 4 is 63.8 Å². The van der Waals surface area contributed by atoms with Crippen molar-refractivity contribution in [2.75, 3.05) is 0 Å². The first-order chi connectivity index (χ1) is 27.2. The van der Waals surface area contributed by atoms with Crippen LogP contribution in [-0.2, 0) is 0 Å². The lowest BCUT2D eigenvalue weighted by molar-refractivity contribution is 1.07. The zero-order valence-electron chi connectivity index (χ0n) is 29.6. The molecule has 3 nitrogen and oxygen atoms in total. The molecule has 0 saturated carbocycles. The summed E-state index contributed by atoms with van der Waals surface area (Å²) in [4.78, 5) is 15.4. The SMILES string of the molecule is c1ccc(-c2ccc(-c3nc(-c4cccc(-c5ccccc5)c4)nc(-c4ccc5c(c4)sc4cc6c7ccccc7c7ccccc7c6cc45)n3)cc2)cc1. The smallest absolute Gasteiger partial charge is 0.164 e. The Morgan fingerprint density at radius 2 is 0.655 bits per heavy atom. The fourth-order valence-corrected chi connectivity index (χ4v) is 9.15. The monoisotopic (exact) mass is 717 g/mol. The lowest BCUT2D eigenvalue weighted by Crippen LogP contribution is -2.00. The van der Waals surface area contributed by atoms with E-state index in [4.69, 9.17) is 15.0 Å². The summed E-state index contributed by atoms with van der Waals surface area (Å²) in [7, 11) is 0. The fraction of sp³-hybridized carbons (Fsp3) is 0. The molecule has 0 unspecified atom stereocenters. The van der Waals surface area contributed by atoms with Crippen LogP contribution in [0.1, 0.15) is 0 Å². The van der Waals surface area contributed by atoms with Gasteiger partial charge in [0.2, 0.25) is 0 Å². The molecule has 0 saturated heterocycles. The summed E-state index contributed by atoms with van der Waals surface area (Å²) in [5.74, 6) is 1.94. The van der Waals surface area contributed by atoms with Gasteiger partial charge in [-0.2, -0.15) is 0 Å². The van der Waals surface area contributed by atoms with Crippen LogP contribution in [0, 0.1) is 0 Å². The second-order valence-electron chi connectivity index (χ2n) is 14.0. The van der Waals surface area contributed by atoms with E-state index in [9.17, 15) is 0 Å². The minimum absolute atomic E-state index is 0.645. The van der Waals surface area contributed by atoms with Crippen LogP contribution >= 0.6 is 11.3 Å². The van der Waals surface area contributed by atoms with E-state index < -0.39 is 0 Å². The number of fused-ring (bicyclic) bond motifs is 9. The lowest BCUT2D eigenvalue weighted by Gasteiger charge is -2.11. The van der Waals surface area contributed by atoms with Gasteiger partial charge in [-0.05, 0) is 78.8 Å². The van der Waals surface area contributed by atoms with E-state index in [1.54, 1.807) is 0 Å². The van der Waals surface area contributed by atoms with Crippen LogP contribution in [0.25, 0.3) is 109 Å². The molecule has 11 rings (SSSR count). The molecular weight excluding hydrogens is 687 g/mol. The molecule has 11 aromatic rings. The average molecular weight is 718 g/mol. The summed E-state index contributed by atoms with van der Waals surface area (Å²) >= 11 is 1.83. The third kappa shape index (κ3) is 5.46. The summed E-state index contributed by atoms with van der Waals surface area (Å²) in [6.45, 7) is 0. The van der Waals surface area contributed by atoms with Crippen molar-refractivity contribution in [2.24, 2.45) is 0 Å². The quantitative estimate of drug-likeness (QED) is 0.166. The van der Waals surface area contributed by atoms with Crippen molar-refractivity contribution in [3.8, 4) is 56.4 Å². The van der Waals surface area contributed by atoms with E-state index in [0.717, 1.165) is 33.4 Å². The van der Waals surface area contributed by atoms with Crippen LogP contribution in [-0.4, -0.2) is 15.0 Å². The molecular formula is C51H31N3S.